The molecule has 1 aromatic carbocycles. The molecule has 4 aromatic rings. The number of fused-ring (bicyclic) bond motifs is 2. The molecule has 0 saturated carbocycles. The van der Waals surface area contributed by atoms with E-state index in [0.717, 1.165) is 41.4 Å². The van der Waals surface area contributed by atoms with Crippen LogP contribution in [0.2, 0.25) is 0 Å². The van der Waals surface area contributed by atoms with Crippen LogP contribution in [0.4, 0.5) is 0 Å². The van der Waals surface area contributed by atoms with Gasteiger partial charge in [-0.05, 0) is 35.9 Å². The van der Waals surface area contributed by atoms with Crippen LogP contribution in [0.1, 0.15) is 11.3 Å². The Bertz CT molecular complexity index is 1060. The van der Waals surface area contributed by atoms with E-state index in [-0.39, 0.29) is 0 Å². The first-order valence-electron chi connectivity index (χ1n) is 8.00. The Kier molecular flexibility index (Phi) is 3.45. The fourth-order valence-corrected chi connectivity index (χ4v) is 3.71. The molecule has 5 rings (SSSR count). The van der Waals surface area contributed by atoms with E-state index in [4.69, 9.17) is 9.15 Å². The lowest BCUT2D eigenvalue weighted by Crippen LogP contribution is -1.93. The van der Waals surface area contributed by atoms with E-state index in [9.17, 15) is 0 Å². The first-order chi connectivity index (χ1) is 12.4. The van der Waals surface area contributed by atoms with Gasteiger partial charge in [0.15, 0.2) is 0 Å². The van der Waals surface area contributed by atoms with Crippen molar-refractivity contribution in [2.24, 2.45) is 0 Å². The highest BCUT2D eigenvalue weighted by molar-refractivity contribution is 7.98. The van der Waals surface area contributed by atoms with Gasteiger partial charge < -0.3 is 13.6 Å². The lowest BCUT2D eigenvalue weighted by Gasteiger charge is -2.03. The minimum absolute atomic E-state index is 0.540. The van der Waals surface area contributed by atoms with Crippen LogP contribution >= 0.6 is 11.8 Å². The van der Waals surface area contributed by atoms with Crippen molar-refractivity contribution in [2.75, 3.05) is 6.61 Å². The molecule has 25 heavy (non-hydrogen) atoms. The van der Waals surface area contributed by atoms with Gasteiger partial charge in [0.05, 0.1) is 6.61 Å². The summed E-state index contributed by atoms with van der Waals surface area (Å²) in [6.45, 7) is 0.740. The predicted molar refractivity (Wildman–Crippen MR) is 93.7 cm³/mol. The molecule has 0 fully saturated rings. The van der Waals surface area contributed by atoms with Gasteiger partial charge in [0, 0.05) is 35.8 Å². The number of imidazole rings is 1. The van der Waals surface area contributed by atoms with E-state index in [0.29, 0.717) is 11.1 Å². The number of hydrogen-bond acceptors (Lipinski definition) is 6. The van der Waals surface area contributed by atoms with Crippen LogP contribution in [-0.2, 0) is 12.2 Å². The third-order valence-electron chi connectivity index (χ3n) is 4.20. The van der Waals surface area contributed by atoms with Crippen molar-refractivity contribution in [3.63, 3.8) is 0 Å². The van der Waals surface area contributed by atoms with E-state index in [1.165, 1.54) is 17.3 Å². The monoisotopic (exact) mass is 350 g/mol. The second kappa shape index (κ2) is 5.93. The Hall–Kier alpha value is -2.80. The first kappa shape index (κ1) is 14.5. The molecule has 0 aliphatic carbocycles. The van der Waals surface area contributed by atoms with Gasteiger partial charge in [0.25, 0.3) is 5.22 Å². The molecule has 6 nitrogen and oxygen atoms in total. The average Bonchev–Trinajstić information content (AvgIpc) is 3.38. The van der Waals surface area contributed by atoms with Gasteiger partial charge in [0.2, 0.25) is 5.89 Å². The quantitative estimate of drug-likeness (QED) is 0.524. The third kappa shape index (κ3) is 2.66. The second-order valence-corrected chi connectivity index (χ2v) is 6.68. The highest BCUT2D eigenvalue weighted by atomic mass is 32.2. The zero-order valence-corrected chi connectivity index (χ0v) is 14.1. The Morgan fingerprint density at radius 3 is 3.16 bits per heavy atom. The van der Waals surface area contributed by atoms with Crippen molar-refractivity contribution in [1.82, 2.24) is 19.6 Å². The molecule has 0 radical (unpaired) electrons. The lowest BCUT2D eigenvalue weighted by atomic mass is 10.1. The maximum atomic E-state index is 5.82. The van der Waals surface area contributed by atoms with Gasteiger partial charge in [-0.1, -0.05) is 17.8 Å². The Balaban J connectivity index is 1.35. The maximum absolute atomic E-state index is 5.82. The van der Waals surface area contributed by atoms with Gasteiger partial charge in [-0.2, -0.15) is 0 Å². The molecule has 0 bridgehead atoms. The highest BCUT2D eigenvalue weighted by Gasteiger charge is 2.16. The summed E-state index contributed by atoms with van der Waals surface area (Å²) in [5.41, 5.74) is 4.19. The number of rotatable bonds is 4. The lowest BCUT2D eigenvalue weighted by molar-refractivity contribution is 0.357. The number of benzene rings is 1. The zero-order valence-electron chi connectivity index (χ0n) is 13.3. The fraction of sp³-hybridized carbons (Fsp3) is 0.167. The largest absolute Gasteiger partial charge is 0.493 e. The topological polar surface area (TPSA) is 65.5 Å². The molecule has 4 heterocycles. The van der Waals surface area contributed by atoms with Crippen molar-refractivity contribution in [3.05, 3.63) is 60.0 Å². The summed E-state index contributed by atoms with van der Waals surface area (Å²) < 4.78 is 13.4. The van der Waals surface area contributed by atoms with Gasteiger partial charge in [-0.3, -0.25) is 0 Å². The predicted octanol–water partition coefficient (Wildman–Crippen LogP) is 3.61. The molecule has 0 saturated heterocycles. The normalized spacial score (nSPS) is 13.1. The van der Waals surface area contributed by atoms with Gasteiger partial charge >= 0.3 is 0 Å². The molecule has 1 aliphatic rings. The van der Waals surface area contributed by atoms with Crippen molar-refractivity contribution in [3.8, 4) is 17.2 Å². The average molecular weight is 350 g/mol. The molecule has 0 N–H and O–H groups in total. The first-order valence-corrected chi connectivity index (χ1v) is 8.99. The summed E-state index contributed by atoms with van der Waals surface area (Å²) in [5, 5.41) is 8.90. The van der Waals surface area contributed by atoms with Gasteiger partial charge in [0.1, 0.15) is 11.4 Å². The van der Waals surface area contributed by atoms with Crippen LogP contribution in [0.5, 0.6) is 5.75 Å². The van der Waals surface area contributed by atoms with Crippen LogP contribution in [-0.4, -0.2) is 26.2 Å². The number of pyridine rings is 1. The van der Waals surface area contributed by atoms with Crippen molar-refractivity contribution in [2.45, 2.75) is 17.4 Å². The summed E-state index contributed by atoms with van der Waals surface area (Å²) >= 11 is 1.52. The third-order valence-corrected chi connectivity index (χ3v) is 5.05. The van der Waals surface area contributed by atoms with Crippen LogP contribution in [0, 0.1) is 0 Å². The number of hydrogen-bond donors (Lipinski definition) is 0. The SMILES string of the molecule is c1cc(CSc2nnc(-c3ccc4c(c3)CCO4)o2)n2ccnc2c1. The summed E-state index contributed by atoms with van der Waals surface area (Å²) in [6, 6.07) is 12.0. The summed E-state index contributed by atoms with van der Waals surface area (Å²) in [6.07, 6.45) is 4.68. The Morgan fingerprint density at radius 1 is 1.16 bits per heavy atom. The molecule has 124 valence electrons. The molecule has 7 heteroatoms. The number of ether oxygens (including phenoxy) is 1. The van der Waals surface area contributed by atoms with E-state index >= 15 is 0 Å². The maximum Gasteiger partial charge on any atom is 0.277 e. The number of aromatic nitrogens is 4. The summed E-state index contributed by atoms with van der Waals surface area (Å²) in [7, 11) is 0. The van der Waals surface area contributed by atoms with Crippen molar-refractivity contribution < 1.29 is 9.15 Å². The Morgan fingerprint density at radius 2 is 2.16 bits per heavy atom. The minimum atomic E-state index is 0.540. The Labute approximate surface area is 147 Å². The molecule has 3 aromatic heterocycles. The van der Waals surface area contributed by atoms with Crippen molar-refractivity contribution >= 4 is 17.4 Å². The molecule has 1 aliphatic heterocycles. The molecule has 0 spiro atoms. The molecular formula is C18H14N4O2S. The van der Waals surface area contributed by atoms with Crippen LogP contribution in [0.25, 0.3) is 17.1 Å². The van der Waals surface area contributed by atoms with Crippen LogP contribution < -0.4 is 4.74 Å². The number of nitrogens with zero attached hydrogens (tertiary/aromatic N) is 4. The van der Waals surface area contributed by atoms with E-state index < -0.39 is 0 Å². The molecule has 0 amide bonds. The van der Waals surface area contributed by atoms with Gasteiger partial charge in [-0.15, -0.1) is 10.2 Å². The smallest absolute Gasteiger partial charge is 0.277 e. The van der Waals surface area contributed by atoms with E-state index in [1.54, 1.807) is 6.20 Å². The van der Waals surface area contributed by atoms with Crippen molar-refractivity contribution in [1.29, 1.82) is 0 Å². The highest BCUT2D eigenvalue weighted by Crippen LogP contribution is 2.31. The van der Waals surface area contributed by atoms with E-state index in [1.807, 2.05) is 30.5 Å². The molecule has 0 unspecified atom stereocenters. The summed E-state index contributed by atoms with van der Waals surface area (Å²) in [4.78, 5) is 4.30. The van der Waals surface area contributed by atoms with Gasteiger partial charge in [-0.25, -0.2) is 4.98 Å². The molecular weight excluding hydrogens is 336 g/mol. The summed E-state index contributed by atoms with van der Waals surface area (Å²) in [5.74, 6) is 2.22. The van der Waals surface area contributed by atoms with Crippen LogP contribution in [0.15, 0.2) is 58.4 Å². The second-order valence-electron chi connectivity index (χ2n) is 5.76. The van der Waals surface area contributed by atoms with Crippen LogP contribution in [0.3, 0.4) is 0 Å². The van der Waals surface area contributed by atoms with E-state index in [2.05, 4.69) is 31.7 Å². The fourth-order valence-electron chi connectivity index (χ4n) is 2.96. The number of thioether (sulfide) groups is 1. The minimum Gasteiger partial charge on any atom is -0.493 e. The standard InChI is InChI=1S/C18H14N4O2S/c1-2-14(22-8-7-19-16(22)3-1)11-25-18-21-20-17(24-18)13-4-5-15-12(10-13)6-9-23-15/h1-5,7-8,10H,6,9,11H2. The molecule has 0 atom stereocenters. The zero-order chi connectivity index (χ0) is 16.6.